The van der Waals surface area contributed by atoms with Crippen LogP contribution in [0.15, 0.2) is 24.3 Å². The Hall–Kier alpha value is -2.45. The van der Waals surface area contributed by atoms with E-state index < -0.39 is 5.97 Å². The molecule has 7 nitrogen and oxygen atoms in total. The number of rotatable bonds is 9. The molecular weight excluding hydrogens is 356 g/mol. The molecular formula is C18H22N2O5S. The number of carboxylic acid groups (broad SMARTS) is 1. The van der Waals surface area contributed by atoms with Crippen LogP contribution in [0.5, 0.6) is 5.75 Å². The highest BCUT2D eigenvalue weighted by Crippen LogP contribution is 2.30. The Morgan fingerprint density at radius 3 is 2.54 bits per heavy atom. The van der Waals surface area contributed by atoms with Crippen molar-refractivity contribution in [2.75, 3.05) is 33.4 Å². The molecule has 2 rings (SSSR count). The third-order valence-electron chi connectivity index (χ3n) is 3.58. The van der Waals surface area contributed by atoms with Crippen LogP contribution in [0.4, 0.5) is 0 Å². The van der Waals surface area contributed by atoms with Crippen LogP contribution in [0.3, 0.4) is 0 Å². The van der Waals surface area contributed by atoms with E-state index >= 15 is 0 Å². The monoisotopic (exact) mass is 378 g/mol. The van der Waals surface area contributed by atoms with Crippen molar-refractivity contribution in [2.45, 2.75) is 13.8 Å². The molecule has 1 aromatic heterocycles. The van der Waals surface area contributed by atoms with Gasteiger partial charge in [0.15, 0.2) is 0 Å². The van der Waals surface area contributed by atoms with Crippen LogP contribution >= 0.6 is 11.3 Å². The normalized spacial score (nSPS) is 10.6. The van der Waals surface area contributed by atoms with Crippen molar-refractivity contribution in [2.24, 2.45) is 0 Å². The summed E-state index contributed by atoms with van der Waals surface area (Å²) in [6, 6.07) is 7.48. The number of aryl methyl sites for hydroxylation is 1. The average molecular weight is 378 g/mol. The van der Waals surface area contributed by atoms with Gasteiger partial charge in [0.1, 0.15) is 22.2 Å². The summed E-state index contributed by atoms with van der Waals surface area (Å²) in [6.45, 7) is 4.35. The molecule has 0 aliphatic carbocycles. The molecule has 0 spiro atoms. The van der Waals surface area contributed by atoms with Crippen molar-refractivity contribution in [3.8, 4) is 16.3 Å². The van der Waals surface area contributed by atoms with Gasteiger partial charge in [-0.05, 0) is 38.1 Å². The third kappa shape index (κ3) is 5.03. The molecule has 26 heavy (non-hydrogen) atoms. The van der Waals surface area contributed by atoms with Crippen LogP contribution < -0.4 is 4.74 Å². The number of aromatic nitrogens is 1. The van der Waals surface area contributed by atoms with Gasteiger partial charge in [-0.15, -0.1) is 11.3 Å². The Labute approximate surface area is 156 Å². The van der Waals surface area contributed by atoms with E-state index in [1.165, 1.54) is 23.3 Å². The summed E-state index contributed by atoms with van der Waals surface area (Å²) in [5.41, 5.74) is 1.46. The van der Waals surface area contributed by atoms with E-state index in [0.717, 1.165) is 11.3 Å². The lowest BCUT2D eigenvalue weighted by Crippen LogP contribution is -2.37. The first-order valence-electron chi connectivity index (χ1n) is 8.17. The van der Waals surface area contributed by atoms with Crippen molar-refractivity contribution >= 4 is 23.2 Å². The number of thiazole rings is 1. The number of amides is 1. The van der Waals surface area contributed by atoms with Gasteiger partial charge in [0.2, 0.25) is 0 Å². The number of carbonyl (C=O) groups excluding carboxylic acids is 1. The topological polar surface area (TPSA) is 89.0 Å². The molecule has 0 fully saturated rings. The molecule has 1 amide bonds. The molecule has 1 heterocycles. The molecule has 0 atom stereocenters. The highest BCUT2D eigenvalue weighted by molar-refractivity contribution is 7.17. The van der Waals surface area contributed by atoms with E-state index in [4.69, 9.17) is 14.6 Å². The lowest BCUT2D eigenvalue weighted by atomic mass is 10.2. The van der Waals surface area contributed by atoms with E-state index in [0.29, 0.717) is 22.2 Å². The van der Waals surface area contributed by atoms with Crippen LogP contribution in [0.2, 0.25) is 0 Å². The van der Waals surface area contributed by atoms with Crippen molar-refractivity contribution in [3.05, 3.63) is 34.8 Å². The number of nitrogens with zero attached hydrogens (tertiary/aromatic N) is 2. The minimum atomic E-state index is -1.07. The van der Waals surface area contributed by atoms with E-state index in [-0.39, 0.29) is 25.6 Å². The first-order chi connectivity index (χ1) is 12.5. The van der Waals surface area contributed by atoms with Gasteiger partial charge in [-0.1, -0.05) is 0 Å². The van der Waals surface area contributed by atoms with Gasteiger partial charge in [-0.2, -0.15) is 0 Å². The number of carboxylic acids is 1. The summed E-state index contributed by atoms with van der Waals surface area (Å²) in [4.78, 5) is 30.0. The van der Waals surface area contributed by atoms with Gasteiger partial charge in [0, 0.05) is 19.2 Å². The Balaban J connectivity index is 2.24. The minimum absolute atomic E-state index is 0.206. The molecule has 1 aromatic carbocycles. The van der Waals surface area contributed by atoms with Crippen molar-refractivity contribution in [1.29, 1.82) is 0 Å². The van der Waals surface area contributed by atoms with E-state index in [2.05, 4.69) is 4.98 Å². The van der Waals surface area contributed by atoms with Crippen molar-refractivity contribution in [1.82, 2.24) is 9.88 Å². The van der Waals surface area contributed by atoms with Crippen molar-refractivity contribution in [3.63, 3.8) is 0 Å². The minimum Gasteiger partial charge on any atom is -0.494 e. The largest absolute Gasteiger partial charge is 0.494 e. The van der Waals surface area contributed by atoms with Crippen LogP contribution in [-0.2, 0) is 9.53 Å². The first-order valence-corrected chi connectivity index (χ1v) is 8.98. The summed E-state index contributed by atoms with van der Waals surface area (Å²) in [5, 5.41) is 9.75. The predicted molar refractivity (Wildman–Crippen MR) is 98.9 cm³/mol. The summed E-state index contributed by atoms with van der Waals surface area (Å²) in [6.07, 6.45) is 0. The van der Waals surface area contributed by atoms with Gasteiger partial charge in [0.25, 0.3) is 5.91 Å². The molecule has 8 heteroatoms. The van der Waals surface area contributed by atoms with Crippen LogP contribution in [-0.4, -0.2) is 60.3 Å². The fourth-order valence-corrected chi connectivity index (χ4v) is 3.38. The molecule has 0 saturated carbocycles. The molecule has 0 unspecified atom stereocenters. The number of carbonyl (C=O) groups is 2. The zero-order valence-corrected chi connectivity index (χ0v) is 15.8. The number of hydrogen-bond donors (Lipinski definition) is 1. The maximum absolute atomic E-state index is 12.7. The first kappa shape index (κ1) is 19.9. The fraction of sp³-hybridized carbons (Fsp3) is 0.389. The van der Waals surface area contributed by atoms with Gasteiger partial charge in [-0.3, -0.25) is 9.59 Å². The second kappa shape index (κ2) is 9.30. The van der Waals surface area contributed by atoms with Crippen LogP contribution in [0.1, 0.15) is 22.3 Å². The maximum atomic E-state index is 12.7. The SMILES string of the molecule is CCOc1ccc(-c2nc(C)c(C(=O)N(CCOC)CC(=O)O)s2)cc1. The lowest BCUT2D eigenvalue weighted by molar-refractivity contribution is -0.137. The number of ether oxygens (including phenoxy) is 2. The summed E-state index contributed by atoms with van der Waals surface area (Å²) >= 11 is 1.25. The summed E-state index contributed by atoms with van der Waals surface area (Å²) < 4.78 is 10.4. The maximum Gasteiger partial charge on any atom is 0.323 e. The smallest absolute Gasteiger partial charge is 0.323 e. The van der Waals surface area contributed by atoms with Gasteiger partial charge in [-0.25, -0.2) is 4.98 Å². The number of aliphatic carboxylic acids is 1. The third-order valence-corrected chi connectivity index (χ3v) is 4.78. The summed E-state index contributed by atoms with van der Waals surface area (Å²) in [5.74, 6) is -0.645. The zero-order valence-electron chi connectivity index (χ0n) is 15.0. The fourth-order valence-electron chi connectivity index (χ4n) is 2.34. The van der Waals surface area contributed by atoms with Gasteiger partial charge >= 0.3 is 5.97 Å². The van der Waals surface area contributed by atoms with Gasteiger partial charge < -0.3 is 19.5 Å². The van der Waals surface area contributed by atoms with Crippen LogP contribution in [0.25, 0.3) is 10.6 Å². The quantitative estimate of drug-likeness (QED) is 0.722. The molecule has 0 aliphatic heterocycles. The Kier molecular flexibility index (Phi) is 7.11. The van der Waals surface area contributed by atoms with E-state index in [1.807, 2.05) is 31.2 Å². The molecule has 0 saturated heterocycles. The van der Waals surface area contributed by atoms with Crippen molar-refractivity contribution < 1.29 is 24.2 Å². The second-order valence-electron chi connectivity index (χ2n) is 5.50. The Morgan fingerprint density at radius 2 is 1.96 bits per heavy atom. The Bertz CT molecular complexity index is 757. The number of hydrogen-bond acceptors (Lipinski definition) is 6. The average Bonchev–Trinajstić information content (AvgIpc) is 3.00. The lowest BCUT2D eigenvalue weighted by Gasteiger charge is -2.19. The zero-order chi connectivity index (χ0) is 19.1. The number of benzene rings is 1. The summed E-state index contributed by atoms with van der Waals surface area (Å²) in [7, 11) is 1.51. The molecule has 140 valence electrons. The Morgan fingerprint density at radius 1 is 1.27 bits per heavy atom. The molecule has 0 radical (unpaired) electrons. The number of methoxy groups -OCH3 is 1. The second-order valence-corrected chi connectivity index (χ2v) is 6.50. The van der Waals surface area contributed by atoms with Crippen LogP contribution in [0, 0.1) is 6.92 Å². The molecule has 1 N–H and O–H groups in total. The predicted octanol–water partition coefficient (Wildman–Crippen LogP) is 2.69. The molecule has 0 bridgehead atoms. The highest BCUT2D eigenvalue weighted by Gasteiger charge is 2.23. The molecule has 0 aliphatic rings. The standard InChI is InChI=1S/C18H22N2O5S/c1-4-25-14-7-5-13(6-8-14)17-19-12(2)16(26-17)18(23)20(9-10-24-3)11-15(21)22/h5-8H,4,9-11H2,1-3H3,(H,21,22). The van der Waals surface area contributed by atoms with E-state index in [9.17, 15) is 9.59 Å². The molecule has 2 aromatic rings. The van der Waals surface area contributed by atoms with Gasteiger partial charge in [0.05, 0.1) is 18.9 Å². The van der Waals surface area contributed by atoms with E-state index in [1.54, 1.807) is 6.92 Å². The highest BCUT2D eigenvalue weighted by atomic mass is 32.1.